The van der Waals surface area contributed by atoms with Gasteiger partial charge in [-0.3, -0.25) is 0 Å². The monoisotopic (exact) mass is 226 g/mol. The molecular weight excluding hydrogens is 212 g/mol. The van der Waals surface area contributed by atoms with E-state index in [0.29, 0.717) is 10.9 Å². The Morgan fingerprint density at radius 1 is 1.53 bits per heavy atom. The first-order chi connectivity index (χ1) is 7.25. The number of hydrogen-bond donors (Lipinski definition) is 1. The number of halogens is 1. The standard InChI is InChI=1S/C10H15ClN4/c1-15(7-8-2-3-12-4-8)10-13-5-9(11)6-14-10/h5-6,8,12H,2-4,7H2,1H3. The summed E-state index contributed by atoms with van der Waals surface area (Å²) in [4.78, 5) is 10.4. The normalized spacial score (nSPS) is 20.5. The van der Waals surface area contributed by atoms with Crippen LogP contribution >= 0.6 is 11.6 Å². The van der Waals surface area contributed by atoms with Gasteiger partial charge in [0.15, 0.2) is 0 Å². The maximum Gasteiger partial charge on any atom is 0.225 e. The van der Waals surface area contributed by atoms with Crippen molar-refractivity contribution < 1.29 is 0 Å². The van der Waals surface area contributed by atoms with E-state index < -0.39 is 0 Å². The molecule has 0 bridgehead atoms. The molecule has 2 heterocycles. The molecule has 4 nitrogen and oxygen atoms in total. The molecule has 1 aromatic rings. The number of nitrogens with one attached hydrogen (secondary N) is 1. The highest BCUT2D eigenvalue weighted by atomic mass is 35.5. The molecule has 1 aliphatic rings. The van der Waals surface area contributed by atoms with Gasteiger partial charge in [0.1, 0.15) is 0 Å². The molecule has 15 heavy (non-hydrogen) atoms. The minimum atomic E-state index is 0.578. The average Bonchev–Trinajstić information content (AvgIpc) is 2.71. The van der Waals surface area contributed by atoms with Gasteiger partial charge in [-0.15, -0.1) is 0 Å². The fourth-order valence-corrected chi connectivity index (χ4v) is 1.94. The zero-order valence-electron chi connectivity index (χ0n) is 8.78. The molecule has 1 saturated heterocycles. The first-order valence-corrected chi connectivity index (χ1v) is 5.53. The van der Waals surface area contributed by atoms with E-state index >= 15 is 0 Å². The summed E-state index contributed by atoms with van der Waals surface area (Å²) in [5.74, 6) is 1.44. The molecule has 2 rings (SSSR count). The lowest BCUT2D eigenvalue weighted by Gasteiger charge is -2.20. The number of nitrogens with zero attached hydrogens (tertiary/aromatic N) is 3. The smallest absolute Gasteiger partial charge is 0.225 e. The fourth-order valence-electron chi connectivity index (χ4n) is 1.84. The maximum absolute atomic E-state index is 5.73. The van der Waals surface area contributed by atoms with Gasteiger partial charge in [-0.1, -0.05) is 11.6 Å². The average molecular weight is 227 g/mol. The van der Waals surface area contributed by atoms with Crippen molar-refractivity contribution >= 4 is 17.5 Å². The lowest BCUT2D eigenvalue weighted by atomic mass is 10.1. The minimum Gasteiger partial charge on any atom is -0.344 e. The molecule has 0 radical (unpaired) electrons. The topological polar surface area (TPSA) is 41.0 Å². The predicted molar refractivity (Wildman–Crippen MR) is 61.3 cm³/mol. The van der Waals surface area contributed by atoms with Crippen molar-refractivity contribution in [2.45, 2.75) is 6.42 Å². The zero-order valence-corrected chi connectivity index (χ0v) is 9.54. The molecule has 1 N–H and O–H groups in total. The maximum atomic E-state index is 5.73. The van der Waals surface area contributed by atoms with Crippen molar-refractivity contribution in [3.05, 3.63) is 17.4 Å². The molecule has 1 aromatic heterocycles. The van der Waals surface area contributed by atoms with Crippen molar-refractivity contribution in [3.8, 4) is 0 Å². The molecule has 0 aromatic carbocycles. The Kier molecular flexibility index (Phi) is 3.38. The molecule has 1 atom stereocenters. The lowest BCUT2D eigenvalue weighted by Crippen LogP contribution is -2.28. The van der Waals surface area contributed by atoms with E-state index in [-0.39, 0.29) is 0 Å². The van der Waals surface area contributed by atoms with Crippen LogP contribution in [0.25, 0.3) is 0 Å². The van der Waals surface area contributed by atoms with Gasteiger partial charge in [0.05, 0.1) is 17.4 Å². The van der Waals surface area contributed by atoms with Crippen molar-refractivity contribution in [2.24, 2.45) is 5.92 Å². The number of aromatic nitrogens is 2. The molecule has 0 saturated carbocycles. The van der Waals surface area contributed by atoms with Gasteiger partial charge in [0.25, 0.3) is 0 Å². The second-order valence-electron chi connectivity index (χ2n) is 3.94. The highest BCUT2D eigenvalue weighted by Crippen LogP contribution is 2.13. The van der Waals surface area contributed by atoms with Gasteiger partial charge < -0.3 is 10.2 Å². The molecule has 0 aliphatic carbocycles. The van der Waals surface area contributed by atoms with Crippen LogP contribution in [0.4, 0.5) is 5.95 Å². The van der Waals surface area contributed by atoms with Crippen LogP contribution in [0.5, 0.6) is 0 Å². The van der Waals surface area contributed by atoms with Crippen LogP contribution in [0.2, 0.25) is 5.02 Å². The highest BCUT2D eigenvalue weighted by molar-refractivity contribution is 6.30. The van der Waals surface area contributed by atoms with E-state index in [1.54, 1.807) is 12.4 Å². The SMILES string of the molecule is CN(CC1CCNC1)c1ncc(Cl)cn1. The molecule has 0 amide bonds. The third-order valence-corrected chi connectivity index (χ3v) is 2.84. The van der Waals surface area contributed by atoms with Crippen LogP contribution < -0.4 is 10.2 Å². The van der Waals surface area contributed by atoms with Crippen molar-refractivity contribution in [1.82, 2.24) is 15.3 Å². The van der Waals surface area contributed by atoms with E-state index in [0.717, 1.165) is 25.6 Å². The summed E-state index contributed by atoms with van der Waals surface area (Å²) in [6.45, 7) is 3.21. The van der Waals surface area contributed by atoms with Crippen LogP contribution in [-0.2, 0) is 0 Å². The Bertz CT molecular complexity index is 308. The first kappa shape index (κ1) is 10.6. The summed E-state index contributed by atoms with van der Waals surface area (Å²) < 4.78 is 0. The summed E-state index contributed by atoms with van der Waals surface area (Å²) in [7, 11) is 2.02. The second kappa shape index (κ2) is 4.77. The minimum absolute atomic E-state index is 0.578. The summed E-state index contributed by atoms with van der Waals surface area (Å²) in [5.41, 5.74) is 0. The van der Waals surface area contributed by atoms with E-state index in [1.807, 2.05) is 7.05 Å². The molecule has 5 heteroatoms. The first-order valence-electron chi connectivity index (χ1n) is 5.15. The second-order valence-corrected chi connectivity index (χ2v) is 4.38. The van der Waals surface area contributed by atoms with Crippen LogP contribution in [0.1, 0.15) is 6.42 Å². The van der Waals surface area contributed by atoms with Gasteiger partial charge in [-0.25, -0.2) is 9.97 Å². The van der Waals surface area contributed by atoms with Crippen LogP contribution in [-0.4, -0.2) is 36.6 Å². The largest absolute Gasteiger partial charge is 0.344 e. The Hall–Kier alpha value is -0.870. The summed E-state index contributed by atoms with van der Waals surface area (Å²) in [5, 5.41) is 3.93. The molecule has 1 unspecified atom stereocenters. The predicted octanol–water partition coefficient (Wildman–Crippen LogP) is 1.18. The van der Waals surface area contributed by atoms with Gasteiger partial charge in [0.2, 0.25) is 5.95 Å². The van der Waals surface area contributed by atoms with E-state index in [9.17, 15) is 0 Å². The Balaban J connectivity index is 1.94. The van der Waals surface area contributed by atoms with Crippen LogP contribution in [0.15, 0.2) is 12.4 Å². The van der Waals surface area contributed by atoms with Crippen molar-refractivity contribution in [1.29, 1.82) is 0 Å². The highest BCUT2D eigenvalue weighted by Gasteiger charge is 2.17. The van der Waals surface area contributed by atoms with Crippen LogP contribution in [0.3, 0.4) is 0 Å². The number of anilines is 1. The number of rotatable bonds is 3. The fraction of sp³-hybridized carbons (Fsp3) is 0.600. The Morgan fingerprint density at radius 3 is 2.87 bits per heavy atom. The number of hydrogen-bond acceptors (Lipinski definition) is 4. The van der Waals surface area contributed by atoms with Crippen molar-refractivity contribution in [3.63, 3.8) is 0 Å². The summed E-state index contributed by atoms with van der Waals surface area (Å²) in [6, 6.07) is 0. The van der Waals surface area contributed by atoms with Gasteiger partial charge >= 0.3 is 0 Å². The Labute approximate surface area is 94.7 Å². The summed E-state index contributed by atoms with van der Waals surface area (Å²) in [6.07, 6.45) is 4.50. The molecule has 1 fully saturated rings. The molecular formula is C10H15ClN4. The lowest BCUT2D eigenvalue weighted by molar-refractivity contribution is 0.573. The Morgan fingerprint density at radius 2 is 2.27 bits per heavy atom. The van der Waals surface area contributed by atoms with Crippen LogP contribution in [0, 0.1) is 5.92 Å². The zero-order chi connectivity index (χ0) is 10.7. The third-order valence-electron chi connectivity index (χ3n) is 2.64. The summed E-state index contributed by atoms with van der Waals surface area (Å²) >= 11 is 5.73. The van der Waals surface area contributed by atoms with Gasteiger partial charge in [0, 0.05) is 13.6 Å². The van der Waals surface area contributed by atoms with Crippen molar-refractivity contribution in [2.75, 3.05) is 31.6 Å². The van der Waals surface area contributed by atoms with E-state index in [4.69, 9.17) is 11.6 Å². The van der Waals surface area contributed by atoms with E-state index in [1.165, 1.54) is 6.42 Å². The van der Waals surface area contributed by atoms with Gasteiger partial charge in [-0.05, 0) is 25.4 Å². The quantitative estimate of drug-likeness (QED) is 0.841. The molecule has 1 aliphatic heterocycles. The van der Waals surface area contributed by atoms with Gasteiger partial charge in [-0.2, -0.15) is 0 Å². The molecule has 0 spiro atoms. The third kappa shape index (κ3) is 2.79. The van der Waals surface area contributed by atoms with E-state index in [2.05, 4.69) is 20.2 Å². The molecule has 82 valence electrons.